The molecule has 0 aliphatic carbocycles. The van der Waals surface area contributed by atoms with Gasteiger partial charge in [-0.05, 0) is 121 Å². The van der Waals surface area contributed by atoms with Crippen LogP contribution in [-0.2, 0) is 5.41 Å². The third kappa shape index (κ3) is 7.07. The minimum Gasteiger partial charge on any atom is -0.454 e. The van der Waals surface area contributed by atoms with Crippen LogP contribution in [0.25, 0.3) is 88.4 Å². The van der Waals surface area contributed by atoms with Crippen LogP contribution in [0.2, 0.25) is 10.0 Å². The Hall–Kier alpha value is -8.74. The van der Waals surface area contributed by atoms with Gasteiger partial charge in [0.1, 0.15) is 11.2 Å². The number of fused-ring (bicyclic) bond motifs is 10. The van der Waals surface area contributed by atoms with E-state index in [1.54, 1.807) is 131 Å². The normalized spacial score (nSPS) is 15.8. The molecule has 366 valence electrons. The first-order chi connectivity index (χ1) is 44.4. The van der Waals surface area contributed by atoms with Crippen molar-refractivity contribution in [3.63, 3.8) is 0 Å². The number of furan rings is 2. The van der Waals surface area contributed by atoms with Crippen molar-refractivity contribution in [2.24, 2.45) is 0 Å². The molecule has 11 aromatic carbocycles. The van der Waals surface area contributed by atoms with Gasteiger partial charge in [0.15, 0.2) is 11.2 Å². The SMILES string of the molecule is [2H]c1c([2H])c2c(c([2H])c1Cl)N(c1c(-c3ccccc3)c([2H])c(-c3ccccc3)c3c1oc1c([2H])c([2H])c([2H])c([2H])c13)c1cc(C(C)(C)C)cc3c1B2c1c([2H])c([2H])c(Cl)c([2H])c1N3c1c(-c2ccccc2)c([2H])c(-c2ccccc2)c2c1oc1c([2H])c([2H])c([2H])c([2H])c12. The standard InChI is InChI=1S/C70H47BCl2N2O2/c1-70(2,3)46-36-59-65-60(37-46)75(67-54(45-26-14-7-15-27-45)41-52(43-22-10-5-11-23-43)64-50-29-17-19-31-62(50)77-69(64)67)58-39-48(73)33-35-56(58)71(65)55-34-32-47(72)38-57(55)74(59)66-53(44-24-12-6-13-25-44)40-51(42-20-8-4-9-21-42)63-49-28-16-18-30-61(49)76-68(63)66/h4-41H,1-3H3/i16D,17D,18D,19D,28D,29D,30D,31D,32D,33D,34D,35D,38D,39D,40D,41D. The lowest BCUT2D eigenvalue weighted by molar-refractivity contribution is 0.590. The molecular formula is C70H47BCl2N2O2. The van der Waals surface area contributed by atoms with E-state index in [-0.39, 0.29) is 129 Å². The summed E-state index contributed by atoms with van der Waals surface area (Å²) in [5, 5.41) is -0.786. The van der Waals surface area contributed by atoms with E-state index in [2.05, 4.69) is 0 Å². The summed E-state index contributed by atoms with van der Waals surface area (Å²) in [5.41, 5.74) is 1.90. The van der Waals surface area contributed by atoms with Crippen molar-refractivity contribution in [3.8, 4) is 44.5 Å². The molecule has 77 heavy (non-hydrogen) atoms. The molecule has 0 atom stereocenters. The molecule has 7 heteroatoms. The highest BCUT2D eigenvalue weighted by Gasteiger charge is 2.46. The molecule has 4 nitrogen and oxygen atoms in total. The van der Waals surface area contributed by atoms with E-state index < -0.39 is 107 Å². The zero-order valence-corrected chi connectivity index (χ0v) is 42.8. The third-order valence-electron chi connectivity index (χ3n) is 14.6. The second-order valence-corrected chi connectivity index (χ2v) is 20.9. The second-order valence-electron chi connectivity index (χ2n) is 20.1. The van der Waals surface area contributed by atoms with Crippen LogP contribution in [0.5, 0.6) is 0 Å². The highest BCUT2D eigenvalue weighted by Crippen LogP contribution is 2.56. The van der Waals surface area contributed by atoms with E-state index in [4.69, 9.17) is 37.5 Å². The van der Waals surface area contributed by atoms with Gasteiger partial charge in [-0.1, -0.05) is 214 Å². The van der Waals surface area contributed by atoms with Crippen LogP contribution in [0.3, 0.4) is 0 Å². The van der Waals surface area contributed by atoms with Gasteiger partial charge in [0.2, 0.25) is 0 Å². The van der Waals surface area contributed by atoms with Crippen molar-refractivity contribution < 1.29 is 30.8 Å². The topological polar surface area (TPSA) is 32.8 Å². The van der Waals surface area contributed by atoms with Gasteiger partial charge < -0.3 is 18.6 Å². The minimum absolute atomic E-state index is 0.0131. The molecule has 2 aromatic heterocycles. The maximum absolute atomic E-state index is 10.8. The summed E-state index contributed by atoms with van der Waals surface area (Å²) in [5.74, 6) is 0. The average molecular weight is 1050 g/mol. The predicted molar refractivity (Wildman–Crippen MR) is 325 cm³/mol. The van der Waals surface area contributed by atoms with Gasteiger partial charge in [-0.25, -0.2) is 0 Å². The van der Waals surface area contributed by atoms with Gasteiger partial charge in [-0.15, -0.1) is 0 Å². The molecule has 15 rings (SSSR count). The van der Waals surface area contributed by atoms with Gasteiger partial charge in [0.05, 0.1) is 33.3 Å². The number of hydrogen-bond acceptors (Lipinski definition) is 4. The van der Waals surface area contributed by atoms with Crippen LogP contribution in [-0.4, -0.2) is 6.71 Å². The van der Waals surface area contributed by atoms with E-state index in [9.17, 15) is 16.4 Å². The van der Waals surface area contributed by atoms with Crippen molar-refractivity contribution >= 4 is 124 Å². The van der Waals surface area contributed by atoms with Gasteiger partial charge in [-0.3, -0.25) is 0 Å². The molecule has 2 aliphatic rings. The Morgan fingerprint density at radius 1 is 0.442 bits per heavy atom. The molecule has 0 radical (unpaired) electrons. The van der Waals surface area contributed by atoms with Crippen LogP contribution >= 0.6 is 23.2 Å². The lowest BCUT2D eigenvalue weighted by Gasteiger charge is -2.45. The molecule has 0 fully saturated rings. The van der Waals surface area contributed by atoms with Crippen molar-refractivity contribution in [2.45, 2.75) is 26.2 Å². The summed E-state index contributed by atoms with van der Waals surface area (Å²) < 4.78 is 170. The van der Waals surface area contributed by atoms with Crippen LogP contribution < -0.4 is 26.2 Å². The van der Waals surface area contributed by atoms with Crippen LogP contribution in [0.1, 0.15) is 48.3 Å². The highest BCUT2D eigenvalue weighted by molar-refractivity contribution is 7.00. The van der Waals surface area contributed by atoms with E-state index in [1.165, 1.54) is 0 Å². The number of nitrogens with zero attached hydrogens (tertiary/aromatic N) is 2. The fourth-order valence-corrected chi connectivity index (χ4v) is 11.5. The number of anilines is 6. The Balaban J connectivity index is 1.23. The summed E-state index contributed by atoms with van der Waals surface area (Å²) in [6.07, 6.45) is 0. The van der Waals surface area contributed by atoms with Crippen molar-refractivity contribution in [2.75, 3.05) is 9.80 Å². The first-order valence-electron chi connectivity index (χ1n) is 32.9. The molecule has 13 aromatic rings. The maximum atomic E-state index is 10.8. The largest absolute Gasteiger partial charge is 0.454 e. The Morgan fingerprint density at radius 2 is 0.818 bits per heavy atom. The first kappa shape index (κ1) is 32.0. The fraction of sp³-hybridized carbons (Fsp3) is 0.0571. The Bertz CT molecular complexity index is 5170. The number of rotatable bonds is 6. The zero-order chi connectivity index (χ0) is 65.6. The lowest BCUT2D eigenvalue weighted by Crippen LogP contribution is -2.61. The van der Waals surface area contributed by atoms with Crippen molar-refractivity contribution in [1.82, 2.24) is 0 Å². The van der Waals surface area contributed by atoms with Crippen molar-refractivity contribution in [1.29, 1.82) is 0 Å². The number of halogens is 2. The molecule has 0 N–H and O–H groups in total. The highest BCUT2D eigenvalue weighted by atomic mass is 35.5. The molecule has 4 heterocycles. The predicted octanol–water partition coefficient (Wildman–Crippen LogP) is 18.8. The molecule has 0 bridgehead atoms. The zero-order valence-electron chi connectivity index (χ0n) is 57.2. The van der Waals surface area contributed by atoms with E-state index in [1.807, 2.05) is 32.9 Å². The summed E-state index contributed by atoms with van der Waals surface area (Å²) in [7, 11) is 0. The van der Waals surface area contributed by atoms with Gasteiger partial charge in [-0.2, -0.15) is 0 Å². The summed E-state index contributed by atoms with van der Waals surface area (Å²) in [6, 6.07) is 31.7. The molecule has 0 unspecified atom stereocenters. The van der Waals surface area contributed by atoms with Crippen LogP contribution in [0.4, 0.5) is 34.1 Å². The van der Waals surface area contributed by atoms with E-state index in [0.717, 1.165) is 0 Å². The second kappa shape index (κ2) is 17.4. The van der Waals surface area contributed by atoms with E-state index >= 15 is 0 Å². The Labute approximate surface area is 479 Å². The first-order valence-corrected chi connectivity index (χ1v) is 25.7. The van der Waals surface area contributed by atoms with Gasteiger partial charge in [0.25, 0.3) is 6.71 Å². The maximum Gasteiger partial charge on any atom is 0.252 e. The van der Waals surface area contributed by atoms with Crippen molar-refractivity contribution in [3.05, 3.63) is 246 Å². The lowest BCUT2D eigenvalue weighted by atomic mass is 9.33. The van der Waals surface area contributed by atoms with Crippen LogP contribution in [0, 0.1) is 0 Å². The molecule has 0 saturated carbocycles. The summed E-state index contributed by atoms with van der Waals surface area (Å²) in [4.78, 5) is 3.25. The quantitative estimate of drug-likeness (QED) is 0.155. The van der Waals surface area contributed by atoms with Gasteiger partial charge >= 0.3 is 0 Å². The molecular weight excluding hydrogens is 982 g/mol. The third-order valence-corrected chi connectivity index (χ3v) is 15.0. The monoisotopic (exact) mass is 1040 g/mol. The minimum atomic E-state index is -1.46. The fourth-order valence-electron chi connectivity index (χ4n) is 11.3. The summed E-state index contributed by atoms with van der Waals surface area (Å²) >= 11 is 14.4. The molecule has 0 saturated heterocycles. The molecule has 2 aliphatic heterocycles. The number of hydrogen-bond donors (Lipinski definition) is 0. The Kier molecular flexibility index (Phi) is 7.23. The molecule has 0 spiro atoms. The average Bonchev–Trinajstić information content (AvgIpc) is 1.49. The van der Waals surface area contributed by atoms with Gasteiger partial charge in [0, 0.05) is 65.5 Å². The Morgan fingerprint density at radius 3 is 1.21 bits per heavy atom. The van der Waals surface area contributed by atoms with E-state index in [0.29, 0.717) is 27.8 Å². The number of benzene rings is 11. The summed E-state index contributed by atoms with van der Waals surface area (Å²) in [6.45, 7) is 4.42. The van der Waals surface area contributed by atoms with Crippen LogP contribution in [0.15, 0.2) is 239 Å². The smallest absolute Gasteiger partial charge is 0.252 e. The molecule has 0 amide bonds. The number of para-hydroxylation sites is 2.